The summed E-state index contributed by atoms with van der Waals surface area (Å²) in [6.45, 7) is 3.59. The van der Waals surface area contributed by atoms with Gasteiger partial charge < -0.3 is 20.4 Å². The van der Waals surface area contributed by atoms with Gasteiger partial charge in [-0.05, 0) is 31.2 Å². The Labute approximate surface area is 132 Å². The molecule has 0 bridgehead atoms. The first-order valence-corrected chi connectivity index (χ1v) is 6.50. The van der Waals surface area contributed by atoms with Crippen LogP contribution in [-0.4, -0.2) is 52.0 Å². The van der Waals surface area contributed by atoms with Gasteiger partial charge in [-0.15, -0.1) is 0 Å². The zero-order chi connectivity index (χ0) is 17.6. The van der Waals surface area contributed by atoms with Crippen molar-refractivity contribution in [2.24, 2.45) is 0 Å². The first kappa shape index (κ1) is 17.9. The smallest absolute Gasteiger partial charge is 0.323 e. The molecule has 0 atom stereocenters. The summed E-state index contributed by atoms with van der Waals surface area (Å²) in [7, 11) is 0. The molecule has 0 radical (unpaired) electrons. The van der Waals surface area contributed by atoms with Crippen molar-refractivity contribution in [3.05, 3.63) is 42.0 Å². The summed E-state index contributed by atoms with van der Waals surface area (Å²) in [6, 6.07) is 5.64. The van der Waals surface area contributed by atoms with Gasteiger partial charge in [-0.3, -0.25) is 19.2 Å². The molecule has 0 aliphatic heterocycles. The van der Waals surface area contributed by atoms with Gasteiger partial charge in [0.25, 0.3) is 11.8 Å². The van der Waals surface area contributed by atoms with E-state index in [0.717, 1.165) is 0 Å². The number of amides is 2. The summed E-state index contributed by atoms with van der Waals surface area (Å²) >= 11 is 0. The van der Waals surface area contributed by atoms with Gasteiger partial charge in [0.05, 0.1) is 0 Å². The van der Waals surface area contributed by atoms with Gasteiger partial charge in [0.15, 0.2) is 0 Å². The molecule has 3 N–H and O–H groups in total. The van der Waals surface area contributed by atoms with Crippen LogP contribution >= 0.6 is 0 Å². The second kappa shape index (κ2) is 7.74. The number of carboxylic acid groups (broad SMARTS) is 2. The van der Waals surface area contributed by atoms with E-state index in [1.165, 1.54) is 24.3 Å². The Morgan fingerprint density at radius 1 is 1.04 bits per heavy atom. The highest BCUT2D eigenvalue weighted by molar-refractivity contribution is 6.03. The number of nitrogens with one attached hydrogen (secondary N) is 1. The average Bonchev–Trinajstić information content (AvgIpc) is 2.45. The van der Waals surface area contributed by atoms with Crippen molar-refractivity contribution >= 4 is 29.4 Å². The zero-order valence-corrected chi connectivity index (χ0v) is 12.4. The fourth-order valence-electron chi connectivity index (χ4n) is 1.64. The predicted octanol–water partition coefficient (Wildman–Crippen LogP) is 0.813. The second-order valence-corrected chi connectivity index (χ2v) is 4.76. The van der Waals surface area contributed by atoms with Gasteiger partial charge in [-0.1, -0.05) is 6.58 Å². The van der Waals surface area contributed by atoms with Crippen molar-refractivity contribution in [1.29, 1.82) is 0 Å². The van der Waals surface area contributed by atoms with Crippen LogP contribution in [0.25, 0.3) is 0 Å². The number of nitrogens with zero attached hydrogens (tertiary/aromatic N) is 1. The van der Waals surface area contributed by atoms with E-state index in [-0.39, 0.29) is 11.5 Å². The zero-order valence-electron chi connectivity index (χ0n) is 12.4. The quantitative estimate of drug-likeness (QED) is 0.639. The Bertz CT molecular complexity index is 634. The molecule has 0 heterocycles. The number of benzene rings is 1. The highest BCUT2D eigenvalue weighted by Crippen LogP contribution is 2.12. The van der Waals surface area contributed by atoms with E-state index < -0.39 is 30.9 Å². The van der Waals surface area contributed by atoms with Crippen molar-refractivity contribution in [3.8, 4) is 0 Å². The molecule has 0 aliphatic carbocycles. The summed E-state index contributed by atoms with van der Waals surface area (Å²) in [4.78, 5) is 45.8. The molecule has 23 heavy (non-hydrogen) atoms. The third kappa shape index (κ3) is 5.62. The van der Waals surface area contributed by atoms with Crippen LogP contribution in [0.3, 0.4) is 0 Å². The molecule has 0 aromatic heterocycles. The fourth-order valence-corrected chi connectivity index (χ4v) is 1.64. The topological polar surface area (TPSA) is 124 Å². The van der Waals surface area contributed by atoms with Crippen LogP contribution in [0.4, 0.5) is 5.69 Å². The number of carbonyl (C=O) groups excluding carboxylic acids is 2. The van der Waals surface area contributed by atoms with E-state index in [9.17, 15) is 19.2 Å². The third-order valence-electron chi connectivity index (χ3n) is 2.72. The van der Waals surface area contributed by atoms with E-state index in [1.807, 2.05) is 0 Å². The molecular weight excluding hydrogens is 304 g/mol. The fraction of sp³-hybridized carbons (Fsp3) is 0.200. The lowest BCUT2D eigenvalue weighted by Gasteiger charge is -2.18. The monoisotopic (exact) mass is 320 g/mol. The minimum atomic E-state index is -1.31. The van der Waals surface area contributed by atoms with Gasteiger partial charge in [-0.25, -0.2) is 0 Å². The minimum Gasteiger partial charge on any atom is -0.480 e. The lowest BCUT2D eigenvalue weighted by Crippen LogP contribution is -2.39. The maximum atomic E-state index is 12.2. The number of carboxylic acids is 2. The molecular formula is C15H16N2O6. The van der Waals surface area contributed by atoms with E-state index in [0.29, 0.717) is 16.2 Å². The molecule has 8 heteroatoms. The molecule has 0 saturated heterocycles. The van der Waals surface area contributed by atoms with Crippen LogP contribution in [0.2, 0.25) is 0 Å². The SMILES string of the molecule is C=C(C)C(=O)Nc1ccc(C(=O)N(CC(=O)O)CC(=O)O)cc1. The van der Waals surface area contributed by atoms with Crippen LogP contribution in [0.5, 0.6) is 0 Å². The number of rotatable bonds is 7. The predicted molar refractivity (Wildman–Crippen MR) is 81.1 cm³/mol. The molecule has 1 rings (SSSR count). The molecule has 0 aliphatic rings. The molecule has 8 nitrogen and oxygen atoms in total. The van der Waals surface area contributed by atoms with Gasteiger partial charge in [0.1, 0.15) is 13.1 Å². The maximum absolute atomic E-state index is 12.2. The summed E-state index contributed by atoms with van der Waals surface area (Å²) in [5.41, 5.74) is 0.859. The van der Waals surface area contributed by atoms with Crippen LogP contribution in [-0.2, 0) is 14.4 Å². The summed E-state index contributed by atoms with van der Waals surface area (Å²) < 4.78 is 0. The molecule has 1 aromatic rings. The number of aliphatic carboxylic acids is 2. The van der Waals surface area contributed by atoms with Crippen molar-refractivity contribution in [3.63, 3.8) is 0 Å². The number of carbonyl (C=O) groups is 4. The highest BCUT2D eigenvalue weighted by atomic mass is 16.4. The Morgan fingerprint density at radius 3 is 1.91 bits per heavy atom. The Hall–Kier alpha value is -3.16. The molecule has 1 aromatic carbocycles. The Morgan fingerprint density at radius 2 is 1.52 bits per heavy atom. The molecule has 0 saturated carbocycles. The van der Waals surface area contributed by atoms with Crippen LogP contribution in [0, 0.1) is 0 Å². The summed E-state index contributed by atoms with van der Waals surface area (Å²) in [6.07, 6.45) is 0. The average molecular weight is 320 g/mol. The van der Waals surface area contributed by atoms with Gasteiger partial charge in [0, 0.05) is 16.8 Å². The Kier molecular flexibility index (Phi) is 6.02. The van der Waals surface area contributed by atoms with Crippen LogP contribution in [0.15, 0.2) is 36.4 Å². The first-order valence-electron chi connectivity index (χ1n) is 6.50. The molecule has 0 unspecified atom stereocenters. The summed E-state index contributed by atoms with van der Waals surface area (Å²) in [5.74, 6) is -3.73. The van der Waals surface area contributed by atoms with Gasteiger partial charge in [0.2, 0.25) is 0 Å². The van der Waals surface area contributed by atoms with E-state index in [2.05, 4.69) is 11.9 Å². The van der Waals surface area contributed by atoms with Crippen molar-refractivity contribution in [1.82, 2.24) is 4.90 Å². The lowest BCUT2D eigenvalue weighted by molar-refractivity contribution is -0.140. The van der Waals surface area contributed by atoms with E-state index in [1.54, 1.807) is 6.92 Å². The highest BCUT2D eigenvalue weighted by Gasteiger charge is 2.21. The van der Waals surface area contributed by atoms with Crippen LogP contribution < -0.4 is 5.32 Å². The van der Waals surface area contributed by atoms with Crippen LogP contribution in [0.1, 0.15) is 17.3 Å². The van der Waals surface area contributed by atoms with Crippen molar-refractivity contribution < 1.29 is 29.4 Å². The molecule has 0 spiro atoms. The van der Waals surface area contributed by atoms with E-state index >= 15 is 0 Å². The van der Waals surface area contributed by atoms with E-state index in [4.69, 9.17) is 10.2 Å². The maximum Gasteiger partial charge on any atom is 0.323 e. The third-order valence-corrected chi connectivity index (χ3v) is 2.72. The molecule has 122 valence electrons. The molecule has 2 amide bonds. The largest absolute Gasteiger partial charge is 0.480 e. The number of hydrogen-bond donors (Lipinski definition) is 3. The number of hydrogen-bond acceptors (Lipinski definition) is 4. The minimum absolute atomic E-state index is 0.112. The Balaban J connectivity index is 2.89. The van der Waals surface area contributed by atoms with Crippen molar-refractivity contribution in [2.75, 3.05) is 18.4 Å². The van der Waals surface area contributed by atoms with Crippen molar-refractivity contribution in [2.45, 2.75) is 6.92 Å². The summed E-state index contributed by atoms with van der Waals surface area (Å²) in [5, 5.41) is 20.0. The number of anilines is 1. The normalized spacial score (nSPS) is 9.78. The molecule has 0 fully saturated rings. The van der Waals surface area contributed by atoms with Gasteiger partial charge in [-0.2, -0.15) is 0 Å². The second-order valence-electron chi connectivity index (χ2n) is 4.76. The lowest BCUT2D eigenvalue weighted by atomic mass is 10.1. The van der Waals surface area contributed by atoms with Gasteiger partial charge >= 0.3 is 11.9 Å². The standard InChI is InChI=1S/C15H16N2O6/c1-9(2)14(22)16-11-5-3-10(4-6-11)15(23)17(7-12(18)19)8-13(20)21/h3-6H,1,7-8H2,2H3,(H,16,22)(H,18,19)(H,20,21). The first-order chi connectivity index (χ1) is 10.7.